The Morgan fingerprint density at radius 2 is 1.83 bits per heavy atom. The van der Waals surface area contributed by atoms with Crippen LogP contribution in [0.2, 0.25) is 0 Å². The van der Waals surface area contributed by atoms with Gasteiger partial charge in [-0.1, -0.05) is 25.1 Å². The van der Waals surface area contributed by atoms with Crippen molar-refractivity contribution < 1.29 is 4.74 Å². The van der Waals surface area contributed by atoms with Crippen molar-refractivity contribution in [1.29, 1.82) is 5.26 Å². The van der Waals surface area contributed by atoms with E-state index >= 15 is 0 Å². The van der Waals surface area contributed by atoms with E-state index in [1.807, 2.05) is 54.6 Å². The van der Waals surface area contributed by atoms with E-state index in [0.29, 0.717) is 17.9 Å². The van der Waals surface area contributed by atoms with Crippen LogP contribution in [0.5, 0.6) is 5.75 Å². The molecule has 3 rings (SSSR count). The van der Waals surface area contributed by atoms with Gasteiger partial charge in [-0.3, -0.25) is 0 Å². The van der Waals surface area contributed by atoms with Crippen molar-refractivity contribution in [3.05, 3.63) is 66.4 Å². The van der Waals surface area contributed by atoms with Crippen LogP contribution in [0.25, 0.3) is 16.9 Å². The van der Waals surface area contributed by atoms with Crippen molar-refractivity contribution in [1.82, 2.24) is 9.78 Å². The van der Waals surface area contributed by atoms with E-state index in [4.69, 9.17) is 4.74 Å². The van der Waals surface area contributed by atoms with E-state index in [0.717, 1.165) is 23.4 Å². The molecular weight excluding hydrogens is 286 g/mol. The van der Waals surface area contributed by atoms with Crippen LogP contribution in [0.15, 0.2) is 60.8 Å². The van der Waals surface area contributed by atoms with E-state index in [1.165, 1.54) is 0 Å². The van der Waals surface area contributed by atoms with Crippen LogP contribution in [-0.4, -0.2) is 16.4 Å². The Hall–Kier alpha value is -3.06. The number of nitriles is 1. The summed E-state index contributed by atoms with van der Waals surface area (Å²) in [5.74, 6) is 0.830. The second-order valence-electron chi connectivity index (χ2n) is 5.16. The zero-order chi connectivity index (χ0) is 16.1. The molecule has 0 unspecified atom stereocenters. The fourth-order valence-electron chi connectivity index (χ4n) is 2.31. The molecule has 0 saturated carbocycles. The monoisotopic (exact) mass is 303 g/mol. The highest BCUT2D eigenvalue weighted by atomic mass is 16.5. The smallest absolute Gasteiger partial charge is 0.119 e. The van der Waals surface area contributed by atoms with Gasteiger partial charge in [-0.05, 0) is 42.8 Å². The Morgan fingerprint density at radius 1 is 1.09 bits per heavy atom. The molecule has 0 N–H and O–H groups in total. The summed E-state index contributed by atoms with van der Waals surface area (Å²) in [6.07, 6.45) is 2.73. The van der Waals surface area contributed by atoms with E-state index in [2.05, 4.69) is 18.1 Å². The molecule has 2 aromatic carbocycles. The first-order valence-corrected chi connectivity index (χ1v) is 7.60. The molecule has 4 heteroatoms. The summed E-state index contributed by atoms with van der Waals surface area (Å²) >= 11 is 0. The fraction of sp³-hybridized carbons (Fsp3) is 0.158. The summed E-state index contributed by atoms with van der Waals surface area (Å²) in [6.45, 7) is 2.77. The average molecular weight is 303 g/mol. The van der Waals surface area contributed by atoms with E-state index in [9.17, 15) is 5.26 Å². The molecule has 114 valence electrons. The van der Waals surface area contributed by atoms with Gasteiger partial charge in [0.05, 0.1) is 17.9 Å². The van der Waals surface area contributed by atoms with E-state index in [1.54, 1.807) is 10.9 Å². The van der Waals surface area contributed by atoms with Crippen molar-refractivity contribution in [2.75, 3.05) is 6.61 Å². The molecule has 0 spiro atoms. The van der Waals surface area contributed by atoms with Crippen LogP contribution in [0, 0.1) is 11.3 Å². The van der Waals surface area contributed by atoms with Gasteiger partial charge in [0.2, 0.25) is 0 Å². The van der Waals surface area contributed by atoms with Gasteiger partial charge in [-0.15, -0.1) is 0 Å². The number of aromatic nitrogens is 2. The van der Waals surface area contributed by atoms with Gasteiger partial charge >= 0.3 is 0 Å². The minimum absolute atomic E-state index is 0.552. The van der Waals surface area contributed by atoms with Crippen molar-refractivity contribution in [2.45, 2.75) is 13.3 Å². The highest BCUT2D eigenvalue weighted by Gasteiger charge is 2.12. The molecule has 0 atom stereocenters. The molecule has 0 saturated heterocycles. The summed E-state index contributed by atoms with van der Waals surface area (Å²) < 4.78 is 7.32. The number of rotatable bonds is 5. The number of hydrogen-bond acceptors (Lipinski definition) is 3. The van der Waals surface area contributed by atoms with Gasteiger partial charge in [0.25, 0.3) is 0 Å². The van der Waals surface area contributed by atoms with Crippen LogP contribution >= 0.6 is 0 Å². The minimum atomic E-state index is 0.552. The third kappa shape index (κ3) is 3.24. The topological polar surface area (TPSA) is 50.8 Å². The van der Waals surface area contributed by atoms with Crippen molar-refractivity contribution in [2.24, 2.45) is 0 Å². The Balaban J connectivity index is 1.93. The number of nitrogens with zero attached hydrogens (tertiary/aromatic N) is 3. The average Bonchev–Trinajstić information content (AvgIpc) is 3.05. The molecule has 0 radical (unpaired) electrons. The SMILES string of the molecule is CCCOc1ccc(-c2nn(-c3ccccc3)cc2C#N)cc1. The summed E-state index contributed by atoms with van der Waals surface area (Å²) in [5.41, 5.74) is 3.06. The van der Waals surface area contributed by atoms with Crippen molar-refractivity contribution in [3.8, 4) is 28.8 Å². The largest absolute Gasteiger partial charge is 0.494 e. The molecule has 3 aromatic rings. The first kappa shape index (κ1) is 14.9. The maximum absolute atomic E-state index is 9.38. The van der Waals surface area contributed by atoms with Crippen LogP contribution in [0.3, 0.4) is 0 Å². The predicted octanol–water partition coefficient (Wildman–Crippen LogP) is 4.20. The highest BCUT2D eigenvalue weighted by molar-refractivity contribution is 5.67. The first-order chi connectivity index (χ1) is 11.3. The van der Waals surface area contributed by atoms with Crippen LogP contribution in [-0.2, 0) is 0 Å². The van der Waals surface area contributed by atoms with Crippen LogP contribution in [0.1, 0.15) is 18.9 Å². The van der Waals surface area contributed by atoms with Gasteiger partial charge in [-0.25, -0.2) is 4.68 Å². The molecule has 0 aliphatic heterocycles. The zero-order valence-corrected chi connectivity index (χ0v) is 12.9. The molecule has 0 bridgehead atoms. The lowest BCUT2D eigenvalue weighted by atomic mass is 10.1. The highest BCUT2D eigenvalue weighted by Crippen LogP contribution is 2.25. The third-order valence-electron chi connectivity index (χ3n) is 3.46. The molecule has 4 nitrogen and oxygen atoms in total. The van der Waals surface area contributed by atoms with Gasteiger partial charge in [0, 0.05) is 11.8 Å². The second-order valence-corrected chi connectivity index (χ2v) is 5.16. The summed E-state index contributed by atoms with van der Waals surface area (Å²) in [6, 6.07) is 19.7. The standard InChI is InChI=1S/C19H17N3O/c1-2-12-23-18-10-8-15(9-11-18)19-16(13-20)14-22(21-19)17-6-4-3-5-7-17/h3-11,14H,2,12H2,1H3. The van der Waals surface area contributed by atoms with Gasteiger partial charge in [0.1, 0.15) is 17.5 Å². The quantitative estimate of drug-likeness (QED) is 0.709. The molecule has 0 amide bonds. The van der Waals surface area contributed by atoms with Crippen molar-refractivity contribution >= 4 is 0 Å². The molecule has 23 heavy (non-hydrogen) atoms. The maximum atomic E-state index is 9.38. The summed E-state index contributed by atoms with van der Waals surface area (Å²) in [5, 5.41) is 13.9. The molecular formula is C19H17N3O. The normalized spacial score (nSPS) is 10.3. The van der Waals surface area contributed by atoms with Crippen LogP contribution in [0.4, 0.5) is 0 Å². The lowest BCUT2D eigenvalue weighted by Crippen LogP contribution is -1.95. The minimum Gasteiger partial charge on any atom is -0.494 e. The van der Waals surface area contributed by atoms with Crippen LogP contribution < -0.4 is 4.74 Å². The zero-order valence-electron chi connectivity index (χ0n) is 12.9. The lowest BCUT2D eigenvalue weighted by molar-refractivity contribution is 0.317. The molecule has 0 aliphatic carbocycles. The molecule has 1 heterocycles. The Labute approximate surface area is 135 Å². The molecule has 0 aliphatic rings. The predicted molar refractivity (Wildman–Crippen MR) is 89.5 cm³/mol. The summed E-state index contributed by atoms with van der Waals surface area (Å²) in [4.78, 5) is 0. The second kappa shape index (κ2) is 6.80. The van der Waals surface area contributed by atoms with Gasteiger partial charge in [-0.2, -0.15) is 10.4 Å². The Kier molecular flexibility index (Phi) is 4.39. The molecule has 1 aromatic heterocycles. The van der Waals surface area contributed by atoms with Crippen molar-refractivity contribution in [3.63, 3.8) is 0 Å². The fourth-order valence-corrected chi connectivity index (χ4v) is 2.31. The third-order valence-corrected chi connectivity index (χ3v) is 3.46. The number of ether oxygens (including phenoxy) is 1. The Morgan fingerprint density at radius 3 is 2.48 bits per heavy atom. The number of benzene rings is 2. The lowest BCUT2D eigenvalue weighted by Gasteiger charge is -2.05. The Bertz CT molecular complexity index is 814. The maximum Gasteiger partial charge on any atom is 0.119 e. The summed E-state index contributed by atoms with van der Waals surface area (Å²) in [7, 11) is 0. The van der Waals surface area contributed by atoms with Gasteiger partial charge in [0.15, 0.2) is 0 Å². The number of hydrogen-bond donors (Lipinski definition) is 0. The van der Waals surface area contributed by atoms with Gasteiger partial charge < -0.3 is 4.74 Å². The molecule has 0 fully saturated rings. The van der Waals surface area contributed by atoms with E-state index < -0.39 is 0 Å². The first-order valence-electron chi connectivity index (χ1n) is 7.60. The van der Waals surface area contributed by atoms with E-state index in [-0.39, 0.29) is 0 Å². The number of para-hydroxylation sites is 1.